The summed E-state index contributed by atoms with van der Waals surface area (Å²) in [5.74, 6) is 0.682. The maximum absolute atomic E-state index is 12.0. The number of carbonyl (C=O) groups excluding carboxylic acids is 1. The SMILES string of the molecule is COCCC(=O)N1CCC(c2cc3cc(Cl)ccc3[nH]2)CC1. The molecule has 0 atom stereocenters. The average molecular weight is 321 g/mol. The fraction of sp³-hybridized carbons (Fsp3) is 0.471. The van der Waals surface area contributed by atoms with Gasteiger partial charge in [-0.05, 0) is 37.1 Å². The fourth-order valence-electron chi connectivity index (χ4n) is 3.13. The molecule has 5 heteroatoms. The summed E-state index contributed by atoms with van der Waals surface area (Å²) in [5.41, 5.74) is 2.37. The van der Waals surface area contributed by atoms with Crippen molar-refractivity contribution < 1.29 is 9.53 Å². The number of halogens is 1. The number of methoxy groups -OCH3 is 1. The van der Waals surface area contributed by atoms with E-state index in [2.05, 4.69) is 11.1 Å². The maximum atomic E-state index is 12.0. The van der Waals surface area contributed by atoms with Crippen LogP contribution in [0.1, 0.15) is 30.9 Å². The van der Waals surface area contributed by atoms with E-state index in [-0.39, 0.29) is 5.91 Å². The van der Waals surface area contributed by atoms with E-state index in [4.69, 9.17) is 16.3 Å². The van der Waals surface area contributed by atoms with Crippen LogP contribution in [0.3, 0.4) is 0 Å². The molecule has 4 nitrogen and oxygen atoms in total. The number of hydrogen-bond donors (Lipinski definition) is 1. The van der Waals surface area contributed by atoms with Crippen molar-refractivity contribution in [1.29, 1.82) is 0 Å². The molecule has 2 heterocycles. The molecular weight excluding hydrogens is 300 g/mol. The second kappa shape index (κ2) is 6.71. The van der Waals surface area contributed by atoms with Gasteiger partial charge in [-0.15, -0.1) is 0 Å². The lowest BCUT2D eigenvalue weighted by Crippen LogP contribution is -2.38. The largest absolute Gasteiger partial charge is 0.384 e. The molecule has 1 aromatic heterocycles. The third-order valence-electron chi connectivity index (χ3n) is 4.41. The minimum absolute atomic E-state index is 0.198. The Morgan fingerprint density at radius 3 is 2.86 bits per heavy atom. The molecule has 0 unspecified atom stereocenters. The molecule has 0 spiro atoms. The molecule has 0 radical (unpaired) electrons. The summed E-state index contributed by atoms with van der Waals surface area (Å²) in [6, 6.07) is 8.10. The Labute approximate surface area is 135 Å². The zero-order chi connectivity index (χ0) is 15.5. The molecule has 1 aliphatic heterocycles. The zero-order valence-electron chi connectivity index (χ0n) is 12.8. The second-order valence-corrected chi connectivity index (χ2v) is 6.29. The average Bonchev–Trinajstić information content (AvgIpc) is 2.95. The van der Waals surface area contributed by atoms with E-state index in [0.717, 1.165) is 41.9 Å². The Hall–Kier alpha value is -1.52. The van der Waals surface area contributed by atoms with Crippen molar-refractivity contribution in [3.8, 4) is 0 Å². The third-order valence-corrected chi connectivity index (χ3v) is 4.65. The minimum Gasteiger partial charge on any atom is -0.384 e. The number of nitrogens with zero attached hydrogens (tertiary/aromatic N) is 1. The predicted octanol–water partition coefficient (Wildman–Crippen LogP) is 3.56. The minimum atomic E-state index is 0.198. The Morgan fingerprint density at radius 1 is 1.36 bits per heavy atom. The number of nitrogens with one attached hydrogen (secondary N) is 1. The van der Waals surface area contributed by atoms with Crippen LogP contribution in [0.4, 0.5) is 0 Å². The maximum Gasteiger partial charge on any atom is 0.224 e. The van der Waals surface area contributed by atoms with Crippen LogP contribution in [-0.2, 0) is 9.53 Å². The van der Waals surface area contributed by atoms with Gasteiger partial charge in [0.2, 0.25) is 5.91 Å². The Kier molecular flexibility index (Phi) is 4.69. The van der Waals surface area contributed by atoms with Gasteiger partial charge >= 0.3 is 0 Å². The lowest BCUT2D eigenvalue weighted by molar-refractivity contribution is -0.133. The van der Waals surface area contributed by atoms with Crippen molar-refractivity contribution in [1.82, 2.24) is 9.88 Å². The summed E-state index contributed by atoms with van der Waals surface area (Å²) < 4.78 is 4.97. The smallest absolute Gasteiger partial charge is 0.224 e. The molecule has 118 valence electrons. The first-order chi connectivity index (χ1) is 10.7. The van der Waals surface area contributed by atoms with Gasteiger partial charge in [0, 0.05) is 47.7 Å². The number of rotatable bonds is 4. The van der Waals surface area contributed by atoms with Gasteiger partial charge in [0.05, 0.1) is 13.0 Å². The second-order valence-electron chi connectivity index (χ2n) is 5.85. The van der Waals surface area contributed by atoms with E-state index in [0.29, 0.717) is 18.9 Å². The first-order valence-electron chi connectivity index (χ1n) is 7.72. The van der Waals surface area contributed by atoms with Gasteiger partial charge in [0.25, 0.3) is 0 Å². The number of likely N-dealkylation sites (tertiary alicyclic amines) is 1. The predicted molar refractivity (Wildman–Crippen MR) is 88.4 cm³/mol. The van der Waals surface area contributed by atoms with Crippen LogP contribution in [0.15, 0.2) is 24.3 Å². The van der Waals surface area contributed by atoms with Gasteiger partial charge in [0.15, 0.2) is 0 Å². The molecule has 0 bridgehead atoms. The van der Waals surface area contributed by atoms with Gasteiger partial charge in [-0.3, -0.25) is 4.79 Å². The molecule has 1 aliphatic rings. The molecular formula is C17H21ClN2O2. The first-order valence-corrected chi connectivity index (χ1v) is 8.10. The van der Waals surface area contributed by atoms with Gasteiger partial charge in [-0.25, -0.2) is 0 Å². The van der Waals surface area contributed by atoms with Crippen molar-refractivity contribution in [3.63, 3.8) is 0 Å². The number of piperidine rings is 1. The van der Waals surface area contributed by atoms with Crippen molar-refractivity contribution in [3.05, 3.63) is 35.0 Å². The van der Waals surface area contributed by atoms with Crippen molar-refractivity contribution in [2.45, 2.75) is 25.2 Å². The highest BCUT2D eigenvalue weighted by Gasteiger charge is 2.24. The van der Waals surface area contributed by atoms with E-state index in [1.807, 2.05) is 23.1 Å². The van der Waals surface area contributed by atoms with Gasteiger partial charge in [0.1, 0.15) is 0 Å². The quantitative estimate of drug-likeness (QED) is 0.936. The number of benzene rings is 1. The third kappa shape index (κ3) is 3.28. The van der Waals surface area contributed by atoms with E-state index in [1.54, 1.807) is 7.11 Å². The summed E-state index contributed by atoms with van der Waals surface area (Å²) in [5, 5.41) is 1.91. The normalized spacial score (nSPS) is 16.4. The van der Waals surface area contributed by atoms with Crippen LogP contribution < -0.4 is 0 Å². The Balaban J connectivity index is 1.64. The summed E-state index contributed by atoms with van der Waals surface area (Å²) >= 11 is 6.04. The first kappa shape index (κ1) is 15.4. The fourth-order valence-corrected chi connectivity index (χ4v) is 3.31. The van der Waals surface area contributed by atoms with Crippen molar-refractivity contribution >= 4 is 28.4 Å². The molecule has 1 aromatic carbocycles. The van der Waals surface area contributed by atoms with Gasteiger partial charge in [-0.1, -0.05) is 11.6 Å². The van der Waals surface area contributed by atoms with Gasteiger partial charge in [-0.2, -0.15) is 0 Å². The van der Waals surface area contributed by atoms with Crippen LogP contribution >= 0.6 is 11.6 Å². The molecule has 0 saturated carbocycles. The van der Waals surface area contributed by atoms with E-state index < -0.39 is 0 Å². The molecule has 2 aromatic rings. The van der Waals surface area contributed by atoms with Crippen molar-refractivity contribution in [2.75, 3.05) is 26.8 Å². The highest BCUT2D eigenvalue weighted by atomic mass is 35.5. The molecule has 1 amide bonds. The summed E-state index contributed by atoms with van der Waals surface area (Å²) in [6.07, 6.45) is 2.48. The molecule has 0 aliphatic carbocycles. The van der Waals surface area contributed by atoms with Crippen LogP contribution in [-0.4, -0.2) is 42.6 Å². The number of aromatic nitrogens is 1. The number of hydrogen-bond acceptors (Lipinski definition) is 2. The lowest BCUT2D eigenvalue weighted by atomic mass is 9.93. The van der Waals surface area contributed by atoms with Crippen LogP contribution in [0.5, 0.6) is 0 Å². The number of fused-ring (bicyclic) bond motifs is 1. The standard InChI is InChI=1S/C17H21ClN2O2/c1-22-9-6-17(21)20-7-4-12(5-8-20)16-11-13-10-14(18)2-3-15(13)19-16/h2-3,10-12,19H,4-9H2,1H3. The van der Waals surface area contributed by atoms with Crippen LogP contribution in [0, 0.1) is 0 Å². The van der Waals surface area contributed by atoms with Gasteiger partial charge < -0.3 is 14.6 Å². The summed E-state index contributed by atoms with van der Waals surface area (Å²) in [7, 11) is 1.63. The molecule has 22 heavy (non-hydrogen) atoms. The van der Waals surface area contributed by atoms with Crippen LogP contribution in [0.25, 0.3) is 10.9 Å². The lowest BCUT2D eigenvalue weighted by Gasteiger charge is -2.31. The summed E-state index contributed by atoms with van der Waals surface area (Å²) in [4.78, 5) is 17.4. The number of carbonyl (C=O) groups is 1. The molecule has 3 rings (SSSR count). The zero-order valence-corrected chi connectivity index (χ0v) is 13.5. The topological polar surface area (TPSA) is 45.3 Å². The number of ether oxygens (including phenoxy) is 1. The highest BCUT2D eigenvalue weighted by molar-refractivity contribution is 6.31. The van der Waals surface area contributed by atoms with E-state index >= 15 is 0 Å². The summed E-state index contributed by atoms with van der Waals surface area (Å²) in [6.45, 7) is 2.15. The number of aromatic amines is 1. The molecule has 1 N–H and O–H groups in total. The molecule has 1 saturated heterocycles. The van der Waals surface area contributed by atoms with Crippen molar-refractivity contribution in [2.24, 2.45) is 0 Å². The van der Waals surface area contributed by atoms with E-state index in [9.17, 15) is 4.79 Å². The monoisotopic (exact) mass is 320 g/mol. The Morgan fingerprint density at radius 2 is 2.14 bits per heavy atom. The number of amides is 1. The van der Waals surface area contributed by atoms with E-state index in [1.165, 1.54) is 5.69 Å². The van der Waals surface area contributed by atoms with Crippen LogP contribution in [0.2, 0.25) is 5.02 Å². The Bertz CT molecular complexity index is 660. The number of H-pyrrole nitrogens is 1. The molecule has 1 fully saturated rings. The highest BCUT2D eigenvalue weighted by Crippen LogP contribution is 2.31.